The zero-order valence-electron chi connectivity index (χ0n) is 19.3. The first-order valence-electron chi connectivity index (χ1n) is 10.7. The molecule has 36 heavy (non-hydrogen) atoms. The summed E-state index contributed by atoms with van der Waals surface area (Å²) in [5.74, 6) is 6.46. The molecule has 0 atom stereocenters. The maximum Gasteiger partial charge on any atom is 0.416 e. The number of hydrogen-bond acceptors (Lipinski definition) is 5. The van der Waals surface area contributed by atoms with E-state index in [9.17, 15) is 18.0 Å². The number of fused-ring (bicyclic) bond motifs is 1. The molecule has 0 bridgehead atoms. The summed E-state index contributed by atoms with van der Waals surface area (Å²) in [5, 5.41) is 7.77. The molecular weight excluding hydrogens is 487 g/mol. The molecule has 0 aliphatic rings. The lowest BCUT2D eigenvalue weighted by atomic mass is 10.0. The van der Waals surface area contributed by atoms with Crippen LogP contribution in [0.4, 0.5) is 35.2 Å². The average Bonchev–Trinajstić information content (AvgIpc) is 3.24. The Labute approximate surface area is 209 Å². The number of nitrogens with zero attached hydrogens (tertiary/aromatic N) is 1. The molecule has 4 aromatic rings. The Morgan fingerprint density at radius 3 is 2.42 bits per heavy atom. The number of nitrogens with one attached hydrogen (secondary N) is 2. The van der Waals surface area contributed by atoms with Crippen molar-refractivity contribution in [1.29, 1.82) is 0 Å². The number of carbonyl (C=O) groups is 1. The summed E-state index contributed by atoms with van der Waals surface area (Å²) in [4.78, 5) is 16.6. The van der Waals surface area contributed by atoms with E-state index in [2.05, 4.69) is 27.5 Å². The number of aromatic nitrogens is 1. The van der Waals surface area contributed by atoms with Crippen LogP contribution < -0.4 is 22.1 Å². The van der Waals surface area contributed by atoms with E-state index in [-0.39, 0.29) is 5.69 Å². The van der Waals surface area contributed by atoms with Gasteiger partial charge in [0.15, 0.2) is 0 Å². The summed E-state index contributed by atoms with van der Waals surface area (Å²) >= 11 is 1.50. The molecular formula is C26H22F3N5OS. The van der Waals surface area contributed by atoms with Gasteiger partial charge in [-0.3, -0.25) is 0 Å². The second-order valence-corrected chi connectivity index (χ2v) is 9.50. The smallest absolute Gasteiger partial charge is 0.383 e. The van der Waals surface area contributed by atoms with Crippen molar-refractivity contribution in [1.82, 2.24) is 4.98 Å². The summed E-state index contributed by atoms with van der Waals surface area (Å²) in [6, 6.07) is 10.7. The van der Waals surface area contributed by atoms with Gasteiger partial charge < -0.3 is 22.1 Å². The van der Waals surface area contributed by atoms with E-state index in [4.69, 9.17) is 11.5 Å². The van der Waals surface area contributed by atoms with Crippen molar-refractivity contribution >= 4 is 44.6 Å². The molecule has 2 aromatic heterocycles. The highest BCUT2D eigenvalue weighted by molar-refractivity contribution is 7.18. The zero-order valence-corrected chi connectivity index (χ0v) is 20.1. The number of hydrogen-bond donors (Lipinski definition) is 4. The first-order chi connectivity index (χ1) is 16.9. The molecule has 2 amide bonds. The number of thiophene rings is 1. The minimum atomic E-state index is -4.50. The van der Waals surface area contributed by atoms with Crippen molar-refractivity contribution in [2.24, 2.45) is 5.73 Å². The Bertz CT molecular complexity index is 1490. The molecule has 184 valence electrons. The van der Waals surface area contributed by atoms with E-state index in [1.165, 1.54) is 23.5 Å². The van der Waals surface area contributed by atoms with Gasteiger partial charge in [0.05, 0.1) is 21.4 Å². The normalized spacial score (nSPS) is 11.6. The summed E-state index contributed by atoms with van der Waals surface area (Å²) in [7, 11) is 0. The monoisotopic (exact) mass is 509 g/mol. The molecule has 0 unspecified atom stereocenters. The summed E-state index contributed by atoms with van der Waals surface area (Å²) in [5.41, 5.74) is 13.6. The molecule has 0 radical (unpaired) electrons. The summed E-state index contributed by atoms with van der Waals surface area (Å²) < 4.78 is 39.6. The lowest BCUT2D eigenvalue weighted by Gasteiger charge is -2.11. The lowest BCUT2D eigenvalue weighted by molar-refractivity contribution is -0.137. The van der Waals surface area contributed by atoms with Crippen LogP contribution in [0.1, 0.15) is 25.0 Å². The fourth-order valence-corrected chi connectivity index (χ4v) is 4.45. The molecule has 6 nitrogen and oxygen atoms in total. The standard InChI is InChI=1S/C26H22F3N5OS/c1-25(2,31)11-10-16-13-32-23(30)21-20(14-36-22(16)21)15-6-8-18(9-7-15)33-24(35)34-19-5-3-4-17(12-19)26(27,28)29/h3-9,12-14H,31H2,1-2H3,(H2,30,32)(H2,33,34,35). The number of nitrogens with two attached hydrogens (primary N) is 2. The average molecular weight is 510 g/mol. The van der Waals surface area contributed by atoms with E-state index in [0.29, 0.717) is 11.5 Å². The second kappa shape index (κ2) is 9.53. The number of rotatable bonds is 3. The van der Waals surface area contributed by atoms with Crippen molar-refractivity contribution in [3.63, 3.8) is 0 Å². The number of anilines is 3. The van der Waals surface area contributed by atoms with Crippen molar-refractivity contribution in [2.75, 3.05) is 16.4 Å². The molecule has 0 spiro atoms. The van der Waals surface area contributed by atoms with Gasteiger partial charge in [-0.15, -0.1) is 11.3 Å². The molecule has 6 N–H and O–H groups in total. The van der Waals surface area contributed by atoms with Gasteiger partial charge >= 0.3 is 12.2 Å². The molecule has 0 saturated carbocycles. The third kappa shape index (κ3) is 5.76. The summed E-state index contributed by atoms with van der Waals surface area (Å²) in [6.45, 7) is 3.63. The molecule has 10 heteroatoms. The molecule has 0 aliphatic heterocycles. The number of nitrogen functional groups attached to an aromatic ring is 1. The van der Waals surface area contributed by atoms with Gasteiger partial charge in [0, 0.05) is 28.5 Å². The Balaban J connectivity index is 1.53. The number of carbonyl (C=O) groups excluding carboxylic acids is 1. The minimum absolute atomic E-state index is 0.0311. The Morgan fingerprint density at radius 2 is 1.75 bits per heavy atom. The van der Waals surface area contributed by atoms with Crippen molar-refractivity contribution < 1.29 is 18.0 Å². The Morgan fingerprint density at radius 1 is 1.06 bits per heavy atom. The van der Waals surface area contributed by atoms with Gasteiger partial charge in [0.25, 0.3) is 0 Å². The van der Waals surface area contributed by atoms with Gasteiger partial charge in [-0.1, -0.05) is 30.0 Å². The van der Waals surface area contributed by atoms with Crippen LogP contribution in [0.2, 0.25) is 0 Å². The summed E-state index contributed by atoms with van der Waals surface area (Å²) in [6.07, 6.45) is -2.87. The fourth-order valence-electron chi connectivity index (χ4n) is 3.40. The molecule has 4 rings (SSSR count). The van der Waals surface area contributed by atoms with Gasteiger partial charge in [-0.25, -0.2) is 9.78 Å². The molecule has 2 aromatic carbocycles. The minimum Gasteiger partial charge on any atom is -0.383 e. The third-order valence-electron chi connectivity index (χ3n) is 5.05. The van der Waals surface area contributed by atoms with Gasteiger partial charge in [0.1, 0.15) is 5.82 Å². The molecule has 0 fully saturated rings. The second-order valence-electron chi connectivity index (χ2n) is 8.62. The highest BCUT2D eigenvalue weighted by atomic mass is 32.1. The number of alkyl halides is 3. The van der Waals surface area contributed by atoms with E-state index in [1.807, 2.05) is 31.4 Å². The van der Waals surface area contributed by atoms with Crippen molar-refractivity contribution in [3.8, 4) is 23.0 Å². The topological polar surface area (TPSA) is 106 Å². The van der Waals surface area contributed by atoms with Crippen molar-refractivity contribution in [3.05, 3.63) is 71.2 Å². The van der Waals surface area contributed by atoms with Crippen LogP contribution in [-0.4, -0.2) is 16.6 Å². The Hall–Kier alpha value is -4.07. The predicted octanol–water partition coefficient (Wildman–Crippen LogP) is 6.30. The number of amides is 2. The highest BCUT2D eigenvalue weighted by Gasteiger charge is 2.30. The third-order valence-corrected chi connectivity index (χ3v) is 6.06. The molecule has 0 aliphatic carbocycles. The fraction of sp³-hybridized carbons (Fsp3) is 0.154. The van der Waals surface area contributed by atoms with E-state index in [1.54, 1.807) is 18.3 Å². The number of benzene rings is 2. The first-order valence-corrected chi connectivity index (χ1v) is 11.6. The number of urea groups is 1. The van der Waals surface area contributed by atoms with Crippen LogP contribution in [0.5, 0.6) is 0 Å². The van der Waals surface area contributed by atoms with Crippen LogP contribution in [0.15, 0.2) is 60.1 Å². The highest BCUT2D eigenvalue weighted by Crippen LogP contribution is 2.38. The molecule has 2 heterocycles. The Kier molecular flexibility index (Phi) is 6.63. The predicted molar refractivity (Wildman–Crippen MR) is 139 cm³/mol. The molecule has 0 saturated heterocycles. The quantitative estimate of drug-likeness (QED) is 0.243. The number of pyridine rings is 1. The van der Waals surface area contributed by atoms with E-state index < -0.39 is 23.3 Å². The zero-order chi connectivity index (χ0) is 26.1. The van der Waals surface area contributed by atoms with Gasteiger partial charge in [0.2, 0.25) is 0 Å². The maximum atomic E-state index is 12.9. The van der Waals surface area contributed by atoms with Crippen LogP contribution in [0.3, 0.4) is 0 Å². The van der Waals surface area contributed by atoms with Crippen LogP contribution in [0.25, 0.3) is 21.2 Å². The van der Waals surface area contributed by atoms with Gasteiger partial charge in [-0.05, 0) is 55.1 Å². The first kappa shape index (κ1) is 25.0. The van der Waals surface area contributed by atoms with Crippen molar-refractivity contribution in [2.45, 2.75) is 25.6 Å². The van der Waals surface area contributed by atoms with E-state index >= 15 is 0 Å². The largest absolute Gasteiger partial charge is 0.416 e. The maximum absolute atomic E-state index is 12.9. The van der Waals surface area contributed by atoms with Crippen LogP contribution in [0, 0.1) is 11.8 Å². The van der Waals surface area contributed by atoms with Crippen LogP contribution >= 0.6 is 11.3 Å². The van der Waals surface area contributed by atoms with E-state index in [0.717, 1.165) is 38.9 Å². The SMILES string of the molecule is CC(C)(N)C#Cc1cnc(N)c2c(-c3ccc(NC(=O)Nc4cccc(C(F)(F)F)c4)cc3)csc12. The van der Waals surface area contributed by atoms with Gasteiger partial charge in [-0.2, -0.15) is 13.2 Å². The lowest BCUT2D eigenvalue weighted by Crippen LogP contribution is -2.29. The number of halogens is 3. The van der Waals surface area contributed by atoms with Crippen LogP contribution in [-0.2, 0) is 6.18 Å².